The number of thiophene rings is 1. The Kier molecular flexibility index (Phi) is 5.68. The average molecular weight is 373 g/mol. The van der Waals surface area contributed by atoms with E-state index >= 15 is 0 Å². The number of ether oxygens (including phenoxy) is 2. The van der Waals surface area contributed by atoms with E-state index in [1.807, 2.05) is 6.07 Å². The van der Waals surface area contributed by atoms with Crippen LogP contribution in [0.5, 0.6) is 0 Å². The number of aryl methyl sites for hydroxylation is 2. The quantitative estimate of drug-likeness (QED) is 0.814. The summed E-state index contributed by atoms with van der Waals surface area (Å²) < 4.78 is 9.72. The molecule has 0 radical (unpaired) electrons. The van der Waals surface area contributed by atoms with E-state index in [0.29, 0.717) is 16.1 Å². The molecule has 0 atom stereocenters. The summed E-state index contributed by atoms with van der Waals surface area (Å²) in [6.45, 7) is -0.361. The highest BCUT2D eigenvalue weighted by Gasteiger charge is 2.19. The zero-order valence-corrected chi connectivity index (χ0v) is 15.2. The van der Waals surface area contributed by atoms with E-state index in [-0.39, 0.29) is 6.61 Å². The molecule has 7 heteroatoms. The fourth-order valence-corrected chi connectivity index (χ4v) is 3.95. The maximum Gasteiger partial charge on any atom is 0.348 e. The summed E-state index contributed by atoms with van der Waals surface area (Å²) in [5.74, 6) is -1.36. The Balaban J connectivity index is 1.51. The summed E-state index contributed by atoms with van der Waals surface area (Å²) >= 11 is 1.46. The zero-order valence-electron chi connectivity index (χ0n) is 14.4. The number of rotatable bonds is 5. The summed E-state index contributed by atoms with van der Waals surface area (Å²) in [6, 6.07) is 8.14. The number of hydrogen-bond acceptors (Lipinski definition) is 6. The van der Waals surface area contributed by atoms with E-state index in [4.69, 9.17) is 4.74 Å². The Morgan fingerprint density at radius 3 is 2.50 bits per heavy atom. The van der Waals surface area contributed by atoms with Gasteiger partial charge in [0, 0.05) is 10.6 Å². The van der Waals surface area contributed by atoms with Gasteiger partial charge in [0.1, 0.15) is 4.88 Å². The number of benzene rings is 1. The minimum Gasteiger partial charge on any atom is -0.465 e. The first-order valence-electron chi connectivity index (χ1n) is 8.34. The van der Waals surface area contributed by atoms with Gasteiger partial charge >= 0.3 is 11.9 Å². The Labute approximate surface area is 155 Å². The number of fused-ring (bicyclic) bond motifs is 1. The fraction of sp³-hybridized carbons (Fsp3) is 0.316. The van der Waals surface area contributed by atoms with Crippen LogP contribution in [0.3, 0.4) is 0 Å². The highest BCUT2D eigenvalue weighted by molar-refractivity contribution is 7.14. The van der Waals surface area contributed by atoms with Crippen molar-refractivity contribution in [1.29, 1.82) is 0 Å². The molecule has 1 aromatic carbocycles. The highest BCUT2D eigenvalue weighted by atomic mass is 32.1. The molecule has 1 aliphatic rings. The third-order valence-electron chi connectivity index (χ3n) is 4.12. The molecule has 0 fully saturated rings. The lowest BCUT2D eigenvalue weighted by Gasteiger charge is -2.08. The van der Waals surface area contributed by atoms with E-state index in [0.717, 1.165) is 25.7 Å². The number of methoxy groups -OCH3 is 1. The van der Waals surface area contributed by atoms with Gasteiger partial charge in [0.15, 0.2) is 6.61 Å². The molecule has 0 aliphatic heterocycles. The molecule has 1 heterocycles. The van der Waals surface area contributed by atoms with Crippen molar-refractivity contribution in [3.8, 4) is 0 Å². The molecular weight excluding hydrogens is 354 g/mol. The van der Waals surface area contributed by atoms with Gasteiger partial charge in [0.05, 0.1) is 12.7 Å². The number of carbonyl (C=O) groups is 3. The van der Waals surface area contributed by atoms with Crippen LogP contribution in [0.2, 0.25) is 0 Å². The van der Waals surface area contributed by atoms with Crippen molar-refractivity contribution >= 4 is 34.9 Å². The van der Waals surface area contributed by atoms with E-state index in [1.165, 1.54) is 28.9 Å². The number of esters is 2. The molecule has 0 saturated heterocycles. The molecule has 1 aromatic heterocycles. The van der Waals surface area contributed by atoms with Crippen molar-refractivity contribution in [2.75, 3.05) is 19.0 Å². The van der Waals surface area contributed by atoms with Crippen molar-refractivity contribution < 1.29 is 23.9 Å². The Morgan fingerprint density at radius 2 is 1.81 bits per heavy atom. The topological polar surface area (TPSA) is 81.7 Å². The predicted octanol–water partition coefficient (Wildman–Crippen LogP) is 3.21. The van der Waals surface area contributed by atoms with Crippen molar-refractivity contribution in [3.05, 3.63) is 51.2 Å². The molecule has 136 valence electrons. The normalized spacial score (nSPS) is 12.8. The second-order valence-electron chi connectivity index (χ2n) is 5.96. The Bertz CT molecular complexity index is 801. The van der Waals surface area contributed by atoms with Crippen LogP contribution in [0.25, 0.3) is 0 Å². The number of nitrogens with one attached hydrogen (secondary N) is 1. The van der Waals surface area contributed by atoms with Gasteiger partial charge in [0.2, 0.25) is 0 Å². The highest BCUT2D eigenvalue weighted by Crippen LogP contribution is 2.30. The number of amides is 1. The average Bonchev–Trinajstić information content (AvgIpc) is 3.10. The summed E-state index contributed by atoms with van der Waals surface area (Å²) in [5.41, 5.74) is 2.12. The largest absolute Gasteiger partial charge is 0.465 e. The molecule has 26 heavy (non-hydrogen) atoms. The molecule has 1 amide bonds. The Morgan fingerprint density at radius 1 is 1.08 bits per heavy atom. The van der Waals surface area contributed by atoms with E-state index in [1.54, 1.807) is 24.3 Å². The molecular formula is C19H19NO5S. The number of anilines is 1. The third-order valence-corrected chi connectivity index (χ3v) is 5.34. The van der Waals surface area contributed by atoms with E-state index in [9.17, 15) is 14.4 Å². The number of carbonyl (C=O) groups excluding carboxylic acids is 3. The minimum atomic E-state index is -0.472. The van der Waals surface area contributed by atoms with Crippen LogP contribution in [0.1, 0.15) is 43.3 Å². The summed E-state index contributed by atoms with van der Waals surface area (Å²) in [6.07, 6.45) is 4.31. The van der Waals surface area contributed by atoms with Crippen LogP contribution in [0.4, 0.5) is 5.69 Å². The lowest BCUT2D eigenvalue weighted by Crippen LogP contribution is -2.20. The molecule has 6 nitrogen and oxygen atoms in total. The molecule has 0 unspecified atom stereocenters. The standard InChI is InChI=1S/C19H19NO5S/c1-24-18(22)12-6-8-14(9-7-12)20-17(21)11-25-19(23)16-10-13-4-2-3-5-15(13)26-16/h6-10H,2-5,11H2,1H3,(H,20,21). The second-order valence-corrected chi connectivity index (χ2v) is 7.10. The van der Waals surface area contributed by atoms with Gasteiger partial charge in [-0.25, -0.2) is 9.59 Å². The van der Waals surface area contributed by atoms with Crippen molar-refractivity contribution in [3.63, 3.8) is 0 Å². The smallest absolute Gasteiger partial charge is 0.348 e. The minimum absolute atomic E-state index is 0.361. The Hall–Kier alpha value is -2.67. The van der Waals surface area contributed by atoms with Crippen molar-refractivity contribution in [1.82, 2.24) is 0 Å². The van der Waals surface area contributed by atoms with E-state index < -0.39 is 17.8 Å². The lowest BCUT2D eigenvalue weighted by atomic mass is 9.99. The molecule has 0 spiro atoms. The molecule has 0 bridgehead atoms. The van der Waals surface area contributed by atoms with Gasteiger partial charge < -0.3 is 14.8 Å². The maximum absolute atomic E-state index is 12.1. The van der Waals surface area contributed by atoms with Gasteiger partial charge in [-0.2, -0.15) is 0 Å². The summed E-state index contributed by atoms with van der Waals surface area (Å²) in [7, 11) is 1.30. The molecule has 0 saturated carbocycles. The first-order valence-corrected chi connectivity index (χ1v) is 9.15. The van der Waals surface area contributed by atoms with Gasteiger partial charge in [0.25, 0.3) is 5.91 Å². The summed E-state index contributed by atoms with van der Waals surface area (Å²) in [5, 5.41) is 2.62. The monoisotopic (exact) mass is 373 g/mol. The molecule has 2 aromatic rings. The van der Waals surface area contributed by atoms with Crippen LogP contribution in [-0.2, 0) is 27.1 Å². The molecule has 3 rings (SSSR count). The van der Waals surface area contributed by atoms with Gasteiger partial charge in [-0.1, -0.05) is 0 Å². The van der Waals surface area contributed by atoms with Gasteiger partial charge in [-0.15, -0.1) is 11.3 Å². The van der Waals surface area contributed by atoms with Crippen LogP contribution in [0, 0.1) is 0 Å². The SMILES string of the molecule is COC(=O)c1ccc(NC(=O)COC(=O)c2cc3c(s2)CCCC3)cc1. The number of hydrogen-bond donors (Lipinski definition) is 1. The second kappa shape index (κ2) is 8.14. The maximum atomic E-state index is 12.1. The first-order chi connectivity index (χ1) is 12.6. The van der Waals surface area contributed by atoms with Gasteiger partial charge in [-0.3, -0.25) is 4.79 Å². The van der Waals surface area contributed by atoms with Crippen LogP contribution in [0.15, 0.2) is 30.3 Å². The fourth-order valence-electron chi connectivity index (χ4n) is 2.80. The van der Waals surface area contributed by atoms with Crippen LogP contribution < -0.4 is 5.32 Å². The molecule has 1 aliphatic carbocycles. The first kappa shape index (κ1) is 18.1. The lowest BCUT2D eigenvalue weighted by molar-refractivity contribution is -0.119. The predicted molar refractivity (Wildman–Crippen MR) is 97.7 cm³/mol. The van der Waals surface area contributed by atoms with Crippen LogP contribution in [-0.4, -0.2) is 31.6 Å². The summed E-state index contributed by atoms with van der Waals surface area (Å²) in [4.78, 5) is 37.2. The van der Waals surface area contributed by atoms with Crippen molar-refractivity contribution in [2.24, 2.45) is 0 Å². The third kappa shape index (κ3) is 4.29. The van der Waals surface area contributed by atoms with Crippen LogP contribution >= 0.6 is 11.3 Å². The van der Waals surface area contributed by atoms with Crippen molar-refractivity contribution in [2.45, 2.75) is 25.7 Å². The van der Waals surface area contributed by atoms with Gasteiger partial charge in [-0.05, 0) is 61.6 Å². The van der Waals surface area contributed by atoms with E-state index in [2.05, 4.69) is 10.1 Å². The zero-order chi connectivity index (χ0) is 18.5. The molecule has 1 N–H and O–H groups in total.